The SMILES string of the molecule is CC[C@@H](O)c1ccc(Cl)c(Cl)c1.CC[C@H](O)c1ccc(Cl)c(Cl)c1. The molecular formula is C18H20Cl4O2. The average Bonchev–Trinajstić information content (AvgIpc) is 2.58. The number of benzene rings is 2. The molecule has 0 saturated heterocycles. The van der Waals surface area contributed by atoms with Crippen LogP contribution in [0.25, 0.3) is 0 Å². The first-order valence-corrected chi connectivity index (χ1v) is 9.07. The van der Waals surface area contributed by atoms with Crippen LogP contribution in [0, 0.1) is 0 Å². The fourth-order valence-corrected chi connectivity index (χ4v) is 2.52. The van der Waals surface area contributed by atoms with Crippen LogP contribution in [0.1, 0.15) is 50.0 Å². The molecule has 0 saturated carbocycles. The second kappa shape index (κ2) is 10.5. The Morgan fingerprint density at radius 1 is 0.667 bits per heavy atom. The van der Waals surface area contributed by atoms with Crippen molar-refractivity contribution in [3.8, 4) is 0 Å². The molecule has 2 aromatic rings. The normalized spacial score (nSPS) is 13.0. The van der Waals surface area contributed by atoms with E-state index in [1.54, 1.807) is 36.4 Å². The van der Waals surface area contributed by atoms with Crippen molar-refractivity contribution >= 4 is 46.4 Å². The van der Waals surface area contributed by atoms with Crippen LogP contribution in [0.2, 0.25) is 20.1 Å². The van der Waals surface area contributed by atoms with Crippen LogP contribution < -0.4 is 0 Å². The Hall–Kier alpha value is -0.480. The van der Waals surface area contributed by atoms with Gasteiger partial charge in [-0.15, -0.1) is 0 Å². The number of aliphatic hydroxyl groups excluding tert-OH is 2. The Morgan fingerprint density at radius 2 is 1.00 bits per heavy atom. The minimum absolute atomic E-state index is 0.445. The summed E-state index contributed by atoms with van der Waals surface area (Å²) in [4.78, 5) is 0. The standard InChI is InChI=1S/2C9H10Cl2O/c2*1-2-9(12)6-3-4-7(10)8(11)5-6/h2*3-5,9,12H,2H2,1H3/t2*9-/m10/s1. The lowest BCUT2D eigenvalue weighted by atomic mass is 10.1. The van der Waals surface area contributed by atoms with E-state index in [0.717, 1.165) is 11.1 Å². The molecular weight excluding hydrogens is 390 g/mol. The number of halogens is 4. The van der Waals surface area contributed by atoms with Crippen molar-refractivity contribution in [1.82, 2.24) is 0 Å². The third-order valence-electron chi connectivity index (χ3n) is 3.43. The minimum Gasteiger partial charge on any atom is -0.388 e. The summed E-state index contributed by atoms with van der Waals surface area (Å²) in [6.07, 6.45) is 0.468. The van der Waals surface area contributed by atoms with Crippen LogP contribution in [0.5, 0.6) is 0 Å². The Kier molecular flexibility index (Phi) is 9.43. The zero-order chi connectivity index (χ0) is 18.3. The summed E-state index contributed by atoms with van der Waals surface area (Å²) in [7, 11) is 0. The number of hydrogen-bond donors (Lipinski definition) is 2. The van der Waals surface area contributed by atoms with Crippen LogP contribution in [-0.4, -0.2) is 10.2 Å². The molecule has 2 atom stereocenters. The molecule has 0 aliphatic rings. The summed E-state index contributed by atoms with van der Waals surface area (Å²) >= 11 is 23.0. The minimum atomic E-state index is -0.445. The van der Waals surface area contributed by atoms with Gasteiger partial charge in [-0.25, -0.2) is 0 Å². The van der Waals surface area contributed by atoms with Gasteiger partial charge in [0, 0.05) is 0 Å². The molecule has 0 aliphatic heterocycles. The zero-order valence-electron chi connectivity index (χ0n) is 13.4. The molecule has 2 nitrogen and oxygen atoms in total. The van der Waals surface area contributed by atoms with Crippen molar-refractivity contribution in [1.29, 1.82) is 0 Å². The molecule has 6 heteroatoms. The van der Waals surface area contributed by atoms with E-state index in [4.69, 9.17) is 46.4 Å². The largest absolute Gasteiger partial charge is 0.388 e. The fourth-order valence-electron chi connectivity index (χ4n) is 1.91. The third-order valence-corrected chi connectivity index (χ3v) is 4.91. The van der Waals surface area contributed by atoms with E-state index in [1.807, 2.05) is 13.8 Å². The predicted octanol–water partition coefficient (Wildman–Crippen LogP) is 6.87. The highest BCUT2D eigenvalue weighted by Crippen LogP contribution is 2.27. The van der Waals surface area contributed by atoms with Crippen molar-refractivity contribution in [2.24, 2.45) is 0 Å². The lowest BCUT2D eigenvalue weighted by Gasteiger charge is -2.08. The maximum absolute atomic E-state index is 9.44. The highest BCUT2D eigenvalue weighted by molar-refractivity contribution is 6.42. The second-order valence-corrected chi connectivity index (χ2v) is 6.82. The zero-order valence-corrected chi connectivity index (χ0v) is 16.5. The Labute approximate surface area is 162 Å². The van der Waals surface area contributed by atoms with Crippen LogP contribution in [0.3, 0.4) is 0 Å². The molecule has 0 amide bonds. The molecule has 2 N–H and O–H groups in total. The number of rotatable bonds is 4. The van der Waals surface area contributed by atoms with Crippen LogP contribution in [0.4, 0.5) is 0 Å². The van der Waals surface area contributed by atoms with Gasteiger partial charge in [0.1, 0.15) is 0 Å². The van der Waals surface area contributed by atoms with Gasteiger partial charge in [0.25, 0.3) is 0 Å². The van der Waals surface area contributed by atoms with Crippen LogP contribution in [0.15, 0.2) is 36.4 Å². The van der Waals surface area contributed by atoms with E-state index in [9.17, 15) is 10.2 Å². The summed E-state index contributed by atoms with van der Waals surface area (Å²) in [5.41, 5.74) is 1.62. The summed E-state index contributed by atoms with van der Waals surface area (Å²) in [6.45, 7) is 3.82. The Balaban J connectivity index is 0.000000240. The van der Waals surface area contributed by atoms with E-state index < -0.39 is 12.2 Å². The molecule has 0 spiro atoms. The van der Waals surface area contributed by atoms with Crippen molar-refractivity contribution in [2.75, 3.05) is 0 Å². The molecule has 0 radical (unpaired) electrons. The van der Waals surface area contributed by atoms with Gasteiger partial charge in [-0.05, 0) is 48.2 Å². The lowest BCUT2D eigenvalue weighted by molar-refractivity contribution is 0.173. The van der Waals surface area contributed by atoms with E-state index in [0.29, 0.717) is 32.9 Å². The van der Waals surface area contributed by atoms with E-state index in [2.05, 4.69) is 0 Å². The monoisotopic (exact) mass is 408 g/mol. The van der Waals surface area contributed by atoms with Gasteiger partial charge in [-0.3, -0.25) is 0 Å². The molecule has 2 rings (SSSR count). The molecule has 0 bridgehead atoms. The highest BCUT2D eigenvalue weighted by Gasteiger charge is 2.07. The topological polar surface area (TPSA) is 40.5 Å². The van der Waals surface area contributed by atoms with Crippen molar-refractivity contribution in [2.45, 2.75) is 38.9 Å². The molecule has 132 valence electrons. The molecule has 0 fully saturated rings. The van der Waals surface area contributed by atoms with Gasteiger partial charge in [0.2, 0.25) is 0 Å². The number of hydrogen-bond acceptors (Lipinski definition) is 2. The van der Waals surface area contributed by atoms with Crippen LogP contribution in [-0.2, 0) is 0 Å². The van der Waals surface area contributed by atoms with E-state index in [-0.39, 0.29) is 0 Å². The smallest absolute Gasteiger partial charge is 0.0788 e. The lowest BCUT2D eigenvalue weighted by Crippen LogP contribution is -1.94. The van der Waals surface area contributed by atoms with Gasteiger partial charge < -0.3 is 10.2 Å². The first-order chi connectivity index (χ1) is 11.3. The third kappa shape index (κ3) is 6.44. The van der Waals surface area contributed by atoms with E-state index in [1.165, 1.54) is 0 Å². The van der Waals surface area contributed by atoms with Crippen molar-refractivity contribution in [3.63, 3.8) is 0 Å². The molecule has 0 aromatic heterocycles. The van der Waals surface area contributed by atoms with E-state index >= 15 is 0 Å². The van der Waals surface area contributed by atoms with Gasteiger partial charge in [-0.1, -0.05) is 72.4 Å². The maximum atomic E-state index is 9.44. The van der Waals surface area contributed by atoms with Crippen molar-refractivity contribution in [3.05, 3.63) is 67.6 Å². The average molecular weight is 410 g/mol. The van der Waals surface area contributed by atoms with Crippen molar-refractivity contribution < 1.29 is 10.2 Å². The Bertz CT molecular complexity index is 604. The van der Waals surface area contributed by atoms with Gasteiger partial charge >= 0.3 is 0 Å². The first-order valence-electron chi connectivity index (χ1n) is 7.56. The number of aliphatic hydroxyl groups is 2. The molecule has 0 heterocycles. The van der Waals surface area contributed by atoms with Crippen LogP contribution >= 0.6 is 46.4 Å². The highest BCUT2D eigenvalue weighted by atomic mass is 35.5. The fraction of sp³-hybridized carbons (Fsp3) is 0.333. The predicted molar refractivity (Wildman–Crippen MR) is 103 cm³/mol. The van der Waals surface area contributed by atoms with Gasteiger partial charge in [0.05, 0.1) is 32.3 Å². The second-order valence-electron chi connectivity index (χ2n) is 5.20. The molecule has 0 unspecified atom stereocenters. The van der Waals surface area contributed by atoms with Gasteiger partial charge in [-0.2, -0.15) is 0 Å². The Morgan fingerprint density at radius 3 is 1.25 bits per heavy atom. The maximum Gasteiger partial charge on any atom is 0.0788 e. The van der Waals surface area contributed by atoms with Gasteiger partial charge in [0.15, 0.2) is 0 Å². The summed E-state index contributed by atoms with van der Waals surface area (Å²) < 4.78 is 0. The first kappa shape index (κ1) is 21.6. The summed E-state index contributed by atoms with van der Waals surface area (Å²) in [6, 6.07) is 10.3. The molecule has 2 aromatic carbocycles. The molecule has 24 heavy (non-hydrogen) atoms. The summed E-state index contributed by atoms with van der Waals surface area (Å²) in [5.74, 6) is 0. The summed E-state index contributed by atoms with van der Waals surface area (Å²) in [5, 5.41) is 20.9. The molecule has 0 aliphatic carbocycles. The quantitative estimate of drug-likeness (QED) is 0.577.